The number of nitrogens with one attached hydrogen (secondary N) is 1. The Morgan fingerprint density at radius 2 is 2.00 bits per heavy atom. The highest BCUT2D eigenvalue weighted by Gasteiger charge is 2.22. The van der Waals surface area contributed by atoms with Gasteiger partial charge < -0.3 is 0 Å². The van der Waals surface area contributed by atoms with E-state index in [1.165, 1.54) is 24.3 Å². The normalized spacial score (nSPS) is 11.0. The van der Waals surface area contributed by atoms with Crippen molar-refractivity contribution in [1.82, 2.24) is 0 Å². The van der Waals surface area contributed by atoms with E-state index in [9.17, 15) is 12.8 Å². The average Bonchev–Trinajstić information content (AvgIpc) is 2.41. The van der Waals surface area contributed by atoms with Gasteiger partial charge in [0, 0.05) is 8.59 Å². The predicted octanol–water partition coefficient (Wildman–Crippen LogP) is 3.76. The summed E-state index contributed by atoms with van der Waals surface area (Å²) in [6, 6.07) is 9.60. The minimum absolute atomic E-state index is 0.299. The van der Waals surface area contributed by atoms with Crippen molar-refractivity contribution in [2.24, 2.45) is 0 Å². The van der Waals surface area contributed by atoms with E-state index in [4.69, 9.17) is 16.9 Å². The number of hydrogen-bond acceptors (Lipinski definition) is 3. The first kappa shape index (κ1) is 16.0. The Balaban J connectivity index is 2.49. The van der Waals surface area contributed by atoms with Gasteiger partial charge in [0.1, 0.15) is 22.3 Å². The van der Waals surface area contributed by atoms with Crippen LogP contribution in [-0.4, -0.2) is 8.42 Å². The van der Waals surface area contributed by atoms with Gasteiger partial charge in [0.15, 0.2) is 0 Å². The standard InChI is InChI=1S/C13H7ClFIN2O2S/c14-8-4-5-12(11(16)6-8)18-21(19,20)13-3-1-2-10(15)9(13)7-17/h1-6,18H. The Hall–Kier alpha value is -1.37. The first-order valence-corrected chi connectivity index (χ1v) is 8.45. The molecule has 1 N–H and O–H groups in total. The zero-order valence-electron chi connectivity index (χ0n) is 10.3. The second-order valence-electron chi connectivity index (χ2n) is 3.95. The van der Waals surface area contributed by atoms with Crippen molar-refractivity contribution in [3.05, 3.63) is 56.4 Å². The van der Waals surface area contributed by atoms with Crippen molar-refractivity contribution < 1.29 is 12.8 Å². The zero-order valence-corrected chi connectivity index (χ0v) is 14.0. The maximum Gasteiger partial charge on any atom is 0.263 e. The highest BCUT2D eigenvalue weighted by molar-refractivity contribution is 14.1. The number of nitrogens with zero attached hydrogens (tertiary/aromatic N) is 1. The maximum absolute atomic E-state index is 13.5. The molecule has 0 saturated carbocycles. The highest BCUT2D eigenvalue weighted by atomic mass is 127. The molecule has 0 unspecified atom stereocenters. The molecule has 108 valence electrons. The number of rotatable bonds is 3. The Bertz CT molecular complexity index is 850. The van der Waals surface area contributed by atoms with E-state index in [2.05, 4.69) is 4.72 Å². The summed E-state index contributed by atoms with van der Waals surface area (Å²) in [5.74, 6) is -0.883. The Morgan fingerprint density at radius 1 is 1.29 bits per heavy atom. The van der Waals surface area contributed by atoms with E-state index in [-0.39, 0.29) is 0 Å². The van der Waals surface area contributed by atoms with Gasteiger partial charge in [-0.15, -0.1) is 0 Å². The van der Waals surface area contributed by atoms with E-state index in [1.807, 2.05) is 22.6 Å². The van der Waals surface area contributed by atoms with Crippen LogP contribution in [0.3, 0.4) is 0 Å². The molecule has 0 heterocycles. The molecule has 2 rings (SSSR count). The molecule has 0 aliphatic rings. The van der Waals surface area contributed by atoms with Crippen molar-refractivity contribution in [2.75, 3.05) is 4.72 Å². The van der Waals surface area contributed by atoms with Gasteiger partial charge in [0.2, 0.25) is 0 Å². The van der Waals surface area contributed by atoms with Gasteiger partial charge in [-0.2, -0.15) is 5.26 Å². The molecule has 4 nitrogen and oxygen atoms in total. The molecule has 0 aromatic heterocycles. The smallest absolute Gasteiger partial charge is 0.263 e. The Kier molecular flexibility index (Phi) is 4.70. The molecule has 0 atom stereocenters. The molecule has 0 aliphatic heterocycles. The van der Waals surface area contributed by atoms with Gasteiger partial charge in [-0.25, -0.2) is 12.8 Å². The minimum atomic E-state index is -4.07. The fraction of sp³-hybridized carbons (Fsp3) is 0. The first-order chi connectivity index (χ1) is 9.85. The van der Waals surface area contributed by atoms with Crippen LogP contribution in [0.1, 0.15) is 5.56 Å². The van der Waals surface area contributed by atoms with Crippen LogP contribution in [0, 0.1) is 20.7 Å². The third-order valence-electron chi connectivity index (χ3n) is 2.55. The molecule has 8 heteroatoms. The van der Waals surface area contributed by atoms with Crippen molar-refractivity contribution in [3.8, 4) is 6.07 Å². The first-order valence-electron chi connectivity index (χ1n) is 5.51. The minimum Gasteiger partial charge on any atom is -0.279 e. The largest absolute Gasteiger partial charge is 0.279 e. The number of hydrogen-bond donors (Lipinski definition) is 1. The van der Waals surface area contributed by atoms with Crippen LogP contribution in [0.2, 0.25) is 5.02 Å². The fourth-order valence-electron chi connectivity index (χ4n) is 1.61. The lowest BCUT2D eigenvalue weighted by Crippen LogP contribution is -2.15. The summed E-state index contributed by atoms with van der Waals surface area (Å²) < 4.78 is 41.0. The summed E-state index contributed by atoms with van der Waals surface area (Å²) in [6.45, 7) is 0. The SMILES string of the molecule is N#Cc1c(F)cccc1S(=O)(=O)Nc1ccc(Cl)cc1I. The van der Waals surface area contributed by atoms with Gasteiger partial charge in [-0.05, 0) is 52.9 Å². The van der Waals surface area contributed by atoms with Gasteiger partial charge in [-0.3, -0.25) is 4.72 Å². The van der Waals surface area contributed by atoms with Crippen LogP contribution >= 0.6 is 34.2 Å². The van der Waals surface area contributed by atoms with Gasteiger partial charge in [0.25, 0.3) is 10.0 Å². The average molecular weight is 437 g/mol. The molecular formula is C13H7ClFIN2O2S. The van der Waals surface area contributed by atoms with E-state index in [1.54, 1.807) is 12.1 Å². The quantitative estimate of drug-likeness (QED) is 0.745. The van der Waals surface area contributed by atoms with Crippen LogP contribution in [-0.2, 0) is 10.0 Å². The van der Waals surface area contributed by atoms with E-state index in [0.29, 0.717) is 14.3 Å². The van der Waals surface area contributed by atoms with Gasteiger partial charge in [-0.1, -0.05) is 17.7 Å². The monoisotopic (exact) mass is 436 g/mol. The van der Waals surface area contributed by atoms with Crippen LogP contribution in [0.5, 0.6) is 0 Å². The second-order valence-corrected chi connectivity index (χ2v) is 7.20. The molecule has 0 amide bonds. The van der Waals surface area contributed by atoms with E-state index < -0.39 is 26.3 Å². The zero-order chi connectivity index (χ0) is 15.6. The summed E-state index contributed by atoms with van der Waals surface area (Å²) in [4.78, 5) is -0.407. The fourth-order valence-corrected chi connectivity index (χ4v) is 4.05. The number of benzene rings is 2. The Morgan fingerprint density at radius 3 is 2.62 bits per heavy atom. The lowest BCUT2D eigenvalue weighted by Gasteiger charge is -2.11. The molecule has 0 bridgehead atoms. The molecule has 2 aromatic rings. The molecule has 2 aromatic carbocycles. The topological polar surface area (TPSA) is 70.0 Å². The third-order valence-corrected chi connectivity index (χ3v) is 5.09. The summed E-state index contributed by atoms with van der Waals surface area (Å²) in [5, 5.41) is 9.38. The molecule has 0 radical (unpaired) electrons. The van der Waals surface area contributed by atoms with Crippen molar-refractivity contribution in [1.29, 1.82) is 5.26 Å². The van der Waals surface area contributed by atoms with Crippen LogP contribution < -0.4 is 4.72 Å². The molecule has 0 saturated heterocycles. The maximum atomic E-state index is 13.5. The van der Waals surface area contributed by atoms with Gasteiger partial charge >= 0.3 is 0 Å². The molecule has 0 fully saturated rings. The lowest BCUT2D eigenvalue weighted by atomic mass is 10.2. The molecular weight excluding hydrogens is 430 g/mol. The Labute approximate surface area is 139 Å². The van der Waals surface area contributed by atoms with Crippen molar-refractivity contribution in [3.63, 3.8) is 0 Å². The predicted molar refractivity (Wildman–Crippen MR) is 86.1 cm³/mol. The number of nitriles is 1. The third kappa shape index (κ3) is 3.45. The van der Waals surface area contributed by atoms with E-state index in [0.717, 1.165) is 6.07 Å². The second kappa shape index (κ2) is 6.17. The van der Waals surface area contributed by atoms with Crippen LogP contribution in [0.25, 0.3) is 0 Å². The summed E-state index contributed by atoms with van der Waals surface area (Å²) in [6.07, 6.45) is 0. The number of sulfonamides is 1. The van der Waals surface area contributed by atoms with Crippen molar-refractivity contribution >= 4 is 49.9 Å². The summed E-state index contributed by atoms with van der Waals surface area (Å²) >= 11 is 7.72. The van der Waals surface area contributed by atoms with E-state index >= 15 is 0 Å². The van der Waals surface area contributed by atoms with Crippen LogP contribution in [0.15, 0.2) is 41.3 Å². The van der Waals surface area contributed by atoms with Crippen molar-refractivity contribution in [2.45, 2.75) is 4.90 Å². The number of anilines is 1. The highest BCUT2D eigenvalue weighted by Crippen LogP contribution is 2.26. The molecule has 0 spiro atoms. The molecule has 21 heavy (non-hydrogen) atoms. The molecule has 0 aliphatic carbocycles. The number of halogens is 3. The summed E-state index contributed by atoms with van der Waals surface area (Å²) in [5.41, 5.74) is -0.220. The summed E-state index contributed by atoms with van der Waals surface area (Å²) in [7, 11) is -4.07. The lowest BCUT2D eigenvalue weighted by molar-refractivity contribution is 0.593. The van der Waals surface area contributed by atoms with Gasteiger partial charge in [0.05, 0.1) is 5.69 Å². The van der Waals surface area contributed by atoms with Crippen LogP contribution in [0.4, 0.5) is 10.1 Å².